The van der Waals surface area contributed by atoms with Crippen LogP contribution in [0.1, 0.15) is 57.2 Å². The molecule has 2 unspecified atom stereocenters. The summed E-state index contributed by atoms with van der Waals surface area (Å²) >= 11 is 1.64. The molecule has 0 aromatic carbocycles. The second kappa shape index (κ2) is 10.6. The number of piperidine rings is 1. The van der Waals surface area contributed by atoms with Gasteiger partial charge >= 0.3 is 0 Å². The fourth-order valence-corrected chi connectivity index (χ4v) is 4.12. The molecule has 0 aliphatic carbocycles. The summed E-state index contributed by atoms with van der Waals surface area (Å²) in [6, 6.07) is 0. The quantitative estimate of drug-likeness (QED) is 0.763. The number of nitrogens with zero attached hydrogens (tertiary/aromatic N) is 1. The molecule has 1 saturated heterocycles. The van der Waals surface area contributed by atoms with E-state index in [9.17, 15) is 4.79 Å². The van der Waals surface area contributed by atoms with Crippen LogP contribution in [-0.2, 0) is 10.3 Å². The number of aryl methyl sites for hydroxylation is 1. The number of carbonyl (C=O) groups excluding carboxylic acids is 1. The number of hydrogen-bond donors (Lipinski definition) is 2. The fraction of sp³-hybridized carbons (Fsp3) is 0.765. The number of aromatic nitrogens is 1. The van der Waals surface area contributed by atoms with Gasteiger partial charge < -0.3 is 10.6 Å². The first-order valence-corrected chi connectivity index (χ1v) is 9.27. The van der Waals surface area contributed by atoms with Gasteiger partial charge in [0.05, 0.1) is 5.54 Å². The van der Waals surface area contributed by atoms with Crippen molar-refractivity contribution in [3.05, 3.63) is 16.1 Å². The van der Waals surface area contributed by atoms with E-state index in [0.717, 1.165) is 30.2 Å². The Labute approximate surface area is 162 Å². The molecule has 2 heterocycles. The number of halogens is 2. The number of amides is 1. The average molecular weight is 396 g/mol. The van der Waals surface area contributed by atoms with Crippen LogP contribution in [0, 0.1) is 18.8 Å². The molecule has 0 spiro atoms. The van der Waals surface area contributed by atoms with Crippen molar-refractivity contribution in [2.45, 2.75) is 58.9 Å². The van der Waals surface area contributed by atoms with E-state index in [1.54, 1.807) is 11.3 Å². The lowest BCUT2D eigenvalue weighted by atomic mass is 9.84. The van der Waals surface area contributed by atoms with Gasteiger partial charge in [0.2, 0.25) is 5.91 Å². The highest BCUT2D eigenvalue weighted by Gasteiger charge is 2.31. The van der Waals surface area contributed by atoms with Crippen LogP contribution in [0.25, 0.3) is 0 Å². The van der Waals surface area contributed by atoms with Crippen LogP contribution in [-0.4, -0.2) is 24.0 Å². The maximum absolute atomic E-state index is 12.5. The molecule has 0 bridgehead atoms. The minimum absolute atomic E-state index is 0. The first-order valence-electron chi connectivity index (χ1n) is 8.39. The SMILES string of the molecule is CCC(C)(NC(=O)CC(C)C1CCNCC1)c1nc(C)cs1.Cl.Cl. The summed E-state index contributed by atoms with van der Waals surface area (Å²) in [5, 5.41) is 9.68. The van der Waals surface area contributed by atoms with Crippen molar-refractivity contribution < 1.29 is 4.79 Å². The fourth-order valence-electron chi connectivity index (χ4n) is 3.13. The molecule has 1 aliphatic heterocycles. The Hall–Kier alpha value is -0.360. The van der Waals surface area contributed by atoms with Gasteiger partial charge in [0.1, 0.15) is 5.01 Å². The monoisotopic (exact) mass is 395 g/mol. The minimum atomic E-state index is -0.343. The zero-order valence-electron chi connectivity index (χ0n) is 15.1. The minimum Gasteiger partial charge on any atom is -0.344 e. The molecule has 1 aromatic heterocycles. The highest BCUT2D eigenvalue weighted by atomic mass is 35.5. The Bertz CT molecular complexity index is 506. The zero-order valence-corrected chi connectivity index (χ0v) is 17.5. The van der Waals surface area contributed by atoms with Crippen LogP contribution in [0.4, 0.5) is 0 Å². The van der Waals surface area contributed by atoms with Gasteiger partial charge in [0.15, 0.2) is 0 Å². The van der Waals surface area contributed by atoms with E-state index >= 15 is 0 Å². The number of nitrogens with one attached hydrogen (secondary N) is 2. The molecular weight excluding hydrogens is 365 g/mol. The summed E-state index contributed by atoms with van der Waals surface area (Å²) in [5.74, 6) is 1.27. The summed E-state index contributed by atoms with van der Waals surface area (Å²) in [6.07, 6.45) is 3.84. The van der Waals surface area contributed by atoms with Crippen molar-refractivity contribution in [2.24, 2.45) is 11.8 Å². The van der Waals surface area contributed by atoms with Gasteiger partial charge in [-0.25, -0.2) is 4.98 Å². The summed E-state index contributed by atoms with van der Waals surface area (Å²) in [6.45, 7) is 10.6. The van der Waals surface area contributed by atoms with E-state index in [0.29, 0.717) is 18.3 Å². The second-order valence-electron chi connectivity index (χ2n) is 6.80. The van der Waals surface area contributed by atoms with Crippen molar-refractivity contribution >= 4 is 42.1 Å². The summed E-state index contributed by atoms with van der Waals surface area (Å²) in [5.41, 5.74) is 0.682. The van der Waals surface area contributed by atoms with E-state index in [1.165, 1.54) is 12.8 Å². The molecule has 1 amide bonds. The maximum Gasteiger partial charge on any atom is 0.221 e. The molecular formula is C17H31Cl2N3OS. The Morgan fingerprint density at radius 2 is 2.08 bits per heavy atom. The van der Waals surface area contributed by atoms with Crippen molar-refractivity contribution in [1.82, 2.24) is 15.6 Å². The largest absolute Gasteiger partial charge is 0.344 e. The topological polar surface area (TPSA) is 54.0 Å². The standard InChI is InChI=1S/C17H29N3OS.2ClH/c1-5-17(4,16-19-13(3)11-22-16)20-15(21)10-12(2)14-6-8-18-9-7-14;;/h11-12,14,18H,5-10H2,1-4H3,(H,20,21);2*1H. The van der Waals surface area contributed by atoms with Crippen molar-refractivity contribution in [3.8, 4) is 0 Å². The van der Waals surface area contributed by atoms with Crippen molar-refractivity contribution in [2.75, 3.05) is 13.1 Å². The van der Waals surface area contributed by atoms with Gasteiger partial charge in [0.25, 0.3) is 0 Å². The van der Waals surface area contributed by atoms with Gasteiger partial charge in [-0.1, -0.05) is 13.8 Å². The van der Waals surface area contributed by atoms with Crippen molar-refractivity contribution in [1.29, 1.82) is 0 Å². The number of carbonyl (C=O) groups is 1. The van der Waals surface area contributed by atoms with Crippen LogP contribution in [0.2, 0.25) is 0 Å². The van der Waals surface area contributed by atoms with Gasteiger partial charge in [-0.2, -0.15) is 0 Å². The molecule has 7 heteroatoms. The molecule has 4 nitrogen and oxygen atoms in total. The highest BCUT2D eigenvalue weighted by Crippen LogP contribution is 2.29. The lowest BCUT2D eigenvalue weighted by molar-refractivity contribution is -0.124. The molecule has 140 valence electrons. The Morgan fingerprint density at radius 3 is 2.58 bits per heavy atom. The number of rotatable bonds is 6. The smallest absolute Gasteiger partial charge is 0.221 e. The molecule has 2 N–H and O–H groups in total. The third kappa shape index (κ3) is 6.17. The summed E-state index contributed by atoms with van der Waals surface area (Å²) < 4.78 is 0. The molecule has 0 radical (unpaired) electrons. The summed E-state index contributed by atoms with van der Waals surface area (Å²) in [7, 11) is 0. The molecule has 2 atom stereocenters. The zero-order chi connectivity index (χ0) is 16.2. The molecule has 1 fully saturated rings. The lowest BCUT2D eigenvalue weighted by Gasteiger charge is -2.31. The second-order valence-corrected chi connectivity index (χ2v) is 7.65. The predicted octanol–water partition coefficient (Wildman–Crippen LogP) is 4.06. The number of hydrogen-bond acceptors (Lipinski definition) is 4. The van der Waals surface area contributed by atoms with Crippen LogP contribution < -0.4 is 10.6 Å². The Balaban J connectivity index is 0.00000264. The van der Waals surface area contributed by atoms with E-state index < -0.39 is 0 Å². The molecule has 2 rings (SSSR count). The van der Waals surface area contributed by atoms with Gasteiger partial charge in [-0.15, -0.1) is 36.2 Å². The average Bonchev–Trinajstić information content (AvgIpc) is 2.95. The molecule has 24 heavy (non-hydrogen) atoms. The van der Waals surface area contributed by atoms with Crippen molar-refractivity contribution in [3.63, 3.8) is 0 Å². The van der Waals surface area contributed by atoms with Gasteiger partial charge in [0, 0.05) is 17.5 Å². The van der Waals surface area contributed by atoms with E-state index in [2.05, 4.69) is 36.4 Å². The lowest BCUT2D eigenvalue weighted by Crippen LogP contribution is -2.44. The third-order valence-corrected chi connectivity index (χ3v) is 6.13. The first kappa shape index (κ1) is 23.6. The molecule has 0 saturated carbocycles. The van der Waals surface area contributed by atoms with E-state index in [1.807, 2.05) is 12.3 Å². The van der Waals surface area contributed by atoms with Crippen LogP contribution in [0.5, 0.6) is 0 Å². The van der Waals surface area contributed by atoms with Crippen LogP contribution in [0.15, 0.2) is 5.38 Å². The van der Waals surface area contributed by atoms with Gasteiger partial charge in [-0.05, 0) is 58.0 Å². The highest BCUT2D eigenvalue weighted by molar-refractivity contribution is 7.09. The van der Waals surface area contributed by atoms with E-state index in [4.69, 9.17) is 0 Å². The normalized spacial score (nSPS) is 18.7. The van der Waals surface area contributed by atoms with Gasteiger partial charge in [-0.3, -0.25) is 4.79 Å². The molecule has 1 aliphatic rings. The first-order chi connectivity index (χ1) is 10.4. The summed E-state index contributed by atoms with van der Waals surface area (Å²) in [4.78, 5) is 17.1. The predicted molar refractivity (Wildman–Crippen MR) is 107 cm³/mol. The van der Waals surface area contributed by atoms with Crippen LogP contribution in [0.3, 0.4) is 0 Å². The Kier molecular flexibility index (Phi) is 10.4. The molecule has 1 aromatic rings. The Morgan fingerprint density at radius 1 is 1.46 bits per heavy atom. The number of thiazole rings is 1. The third-order valence-electron chi connectivity index (χ3n) is 4.91. The maximum atomic E-state index is 12.5. The van der Waals surface area contributed by atoms with Crippen LogP contribution >= 0.6 is 36.2 Å². The van der Waals surface area contributed by atoms with E-state index in [-0.39, 0.29) is 36.3 Å².